The molecule has 1 saturated heterocycles. The molecule has 1 aromatic carbocycles. The van der Waals surface area contributed by atoms with Gasteiger partial charge in [-0.1, -0.05) is 25.5 Å². The van der Waals surface area contributed by atoms with Crippen molar-refractivity contribution < 1.29 is 19.0 Å². The van der Waals surface area contributed by atoms with Crippen LogP contribution in [-0.4, -0.2) is 48.6 Å². The minimum Gasteiger partial charge on any atom is -0.504 e. The van der Waals surface area contributed by atoms with Gasteiger partial charge in [-0.15, -0.1) is 0 Å². The Kier molecular flexibility index (Phi) is 5.84. The van der Waals surface area contributed by atoms with Crippen molar-refractivity contribution >= 4 is 10.9 Å². The second-order valence-electron chi connectivity index (χ2n) is 8.97. The SMILES string of the molecule is CC[C@@H]1CN2CCc3c([nH]c4cccc(-c5ccoc5)c34)[C@@H]2C[C@@H]1/C(=C\OC)C(O)OC. The molecule has 0 saturated carbocycles. The summed E-state index contributed by atoms with van der Waals surface area (Å²) in [6.07, 6.45) is 7.30. The minimum absolute atomic E-state index is 0.196. The number of aromatic amines is 1. The van der Waals surface area contributed by atoms with E-state index >= 15 is 0 Å². The van der Waals surface area contributed by atoms with Gasteiger partial charge in [0.1, 0.15) is 0 Å². The molecule has 1 fully saturated rings. The number of piperidine rings is 1. The van der Waals surface area contributed by atoms with E-state index in [2.05, 4.69) is 35.0 Å². The maximum Gasteiger partial charge on any atom is 0.180 e. The van der Waals surface area contributed by atoms with Crippen LogP contribution in [0.5, 0.6) is 0 Å². The van der Waals surface area contributed by atoms with Crippen LogP contribution in [0.2, 0.25) is 0 Å². The molecule has 2 N–H and O–H groups in total. The molecule has 0 aliphatic carbocycles. The maximum absolute atomic E-state index is 10.6. The molecule has 2 aliphatic rings. The van der Waals surface area contributed by atoms with Crippen LogP contribution >= 0.6 is 0 Å². The fourth-order valence-corrected chi connectivity index (χ4v) is 5.90. The minimum atomic E-state index is -0.945. The summed E-state index contributed by atoms with van der Waals surface area (Å²) in [5.41, 5.74) is 7.07. The first-order chi connectivity index (χ1) is 15.7. The lowest BCUT2D eigenvalue weighted by Crippen LogP contribution is -2.47. The maximum atomic E-state index is 10.6. The molecule has 2 aliphatic heterocycles. The molecule has 0 amide bonds. The summed E-state index contributed by atoms with van der Waals surface area (Å²) in [6.45, 7) is 4.29. The Bertz CT molecular complexity index is 1100. The fourth-order valence-electron chi connectivity index (χ4n) is 5.90. The van der Waals surface area contributed by atoms with Crippen LogP contribution in [0.15, 0.2) is 53.0 Å². The van der Waals surface area contributed by atoms with E-state index < -0.39 is 6.29 Å². The van der Waals surface area contributed by atoms with Gasteiger partial charge in [-0.2, -0.15) is 0 Å². The zero-order valence-corrected chi connectivity index (χ0v) is 19.0. The summed E-state index contributed by atoms with van der Waals surface area (Å²) in [5.74, 6) is 0.645. The largest absolute Gasteiger partial charge is 0.504 e. The second-order valence-corrected chi connectivity index (χ2v) is 8.97. The normalized spacial score (nSPS) is 24.9. The number of aliphatic hydroxyl groups is 1. The topological polar surface area (TPSA) is 70.9 Å². The third-order valence-corrected chi connectivity index (χ3v) is 7.45. The number of H-pyrrole nitrogens is 1. The molecule has 6 nitrogen and oxygen atoms in total. The number of benzene rings is 1. The smallest absolute Gasteiger partial charge is 0.180 e. The molecule has 1 unspecified atom stereocenters. The molecule has 170 valence electrons. The number of fused-ring (bicyclic) bond motifs is 5. The van der Waals surface area contributed by atoms with Crippen LogP contribution in [0.4, 0.5) is 0 Å². The molecule has 3 aromatic rings. The first kappa shape index (κ1) is 21.3. The fraction of sp³-hybridized carbons (Fsp3) is 0.462. The summed E-state index contributed by atoms with van der Waals surface area (Å²) in [4.78, 5) is 6.38. The van der Waals surface area contributed by atoms with Gasteiger partial charge in [0.15, 0.2) is 6.29 Å². The number of rotatable bonds is 6. The lowest BCUT2D eigenvalue weighted by molar-refractivity contribution is -0.0627. The van der Waals surface area contributed by atoms with E-state index in [1.807, 2.05) is 12.3 Å². The van der Waals surface area contributed by atoms with Gasteiger partial charge in [-0.3, -0.25) is 4.90 Å². The van der Waals surface area contributed by atoms with Crippen molar-refractivity contribution in [1.29, 1.82) is 0 Å². The summed E-state index contributed by atoms with van der Waals surface area (Å²) < 4.78 is 16.0. The highest BCUT2D eigenvalue weighted by molar-refractivity contribution is 5.98. The average Bonchev–Trinajstić information content (AvgIpc) is 3.49. The van der Waals surface area contributed by atoms with Gasteiger partial charge >= 0.3 is 0 Å². The van der Waals surface area contributed by atoms with Crippen LogP contribution in [-0.2, 0) is 15.9 Å². The number of hydrogen-bond acceptors (Lipinski definition) is 5. The van der Waals surface area contributed by atoms with Gasteiger partial charge in [-0.25, -0.2) is 0 Å². The number of hydrogen-bond donors (Lipinski definition) is 2. The van der Waals surface area contributed by atoms with Crippen molar-refractivity contribution in [2.45, 2.75) is 38.5 Å². The quantitative estimate of drug-likeness (QED) is 0.426. The summed E-state index contributed by atoms with van der Waals surface area (Å²) in [5, 5.41) is 11.9. The van der Waals surface area contributed by atoms with Crippen LogP contribution in [0.25, 0.3) is 22.0 Å². The van der Waals surface area contributed by atoms with Gasteiger partial charge < -0.3 is 24.0 Å². The van der Waals surface area contributed by atoms with Crippen LogP contribution in [0, 0.1) is 11.8 Å². The second kappa shape index (κ2) is 8.77. The van der Waals surface area contributed by atoms with Gasteiger partial charge in [0.2, 0.25) is 0 Å². The van der Waals surface area contributed by atoms with E-state index in [4.69, 9.17) is 13.9 Å². The first-order valence-corrected chi connectivity index (χ1v) is 11.5. The van der Waals surface area contributed by atoms with Crippen molar-refractivity contribution in [2.24, 2.45) is 11.8 Å². The van der Waals surface area contributed by atoms with E-state index in [0.29, 0.717) is 5.92 Å². The molecular formula is C26H32N2O4. The van der Waals surface area contributed by atoms with Gasteiger partial charge in [0, 0.05) is 47.9 Å². The highest BCUT2D eigenvalue weighted by atomic mass is 16.6. The zero-order chi connectivity index (χ0) is 22.2. The molecule has 4 atom stereocenters. The predicted molar refractivity (Wildman–Crippen MR) is 124 cm³/mol. The third-order valence-electron chi connectivity index (χ3n) is 7.45. The molecular weight excluding hydrogens is 404 g/mol. The van der Waals surface area contributed by atoms with Gasteiger partial charge in [-0.05, 0) is 47.9 Å². The lowest BCUT2D eigenvalue weighted by Gasteiger charge is -2.47. The highest BCUT2D eigenvalue weighted by Gasteiger charge is 2.42. The Balaban J connectivity index is 1.57. The Labute approximate surface area is 188 Å². The van der Waals surface area contributed by atoms with Crippen molar-refractivity contribution in [3.05, 3.63) is 59.9 Å². The number of aliphatic hydroxyl groups excluding tert-OH is 1. The Hall–Kier alpha value is -2.54. The number of nitrogens with zero attached hydrogens (tertiary/aromatic N) is 1. The number of ether oxygens (including phenoxy) is 2. The standard InChI is InChI=1S/C26H32N2O4/c1-4-16-13-28-10-8-19-24-18(17-9-11-32-14-17)6-5-7-22(24)27-25(19)23(28)12-20(16)21(15-30-2)26(29)31-3/h5-7,9,11,14-16,20,23,26-27,29H,4,8,10,12-13H2,1-3H3/b21-15+/t16-,20+,23+,26?/m1/s1. The highest BCUT2D eigenvalue weighted by Crippen LogP contribution is 2.47. The number of aromatic nitrogens is 1. The van der Waals surface area contributed by atoms with E-state index in [1.165, 1.54) is 34.8 Å². The molecule has 0 spiro atoms. The van der Waals surface area contributed by atoms with Gasteiger partial charge in [0.05, 0.1) is 31.9 Å². The molecule has 2 aromatic heterocycles. The Morgan fingerprint density at radius 2 is 2.22 bits per heavy atom. The summed E-state index contributed by atoms with van der Waals surface area (Å²) in [6, 6.07) is 8.76. The van der Waals surface area contributed by atoms with Gasteiger partial charge in [0.25, 0.3) is 0 Å². The number of furan rings is 1. The van der Waals surface area contributed by atoms with Crippen LogP contribution in [0.1, 0.15) is 37.1 Å². The number of methoxy groups -OCH3 is 2. The van der Waals surface area contributed by atoms with Crippen molar-refractivity contribution in [1.82, 2.24) is 9.88 Å². The van der Waals surface area contributed by atoms with Crippen molar-refractivity contribution in [3.8, 4) is 11.1 Å². The molecule has 5 rings (SSSR count). The molecule has 0 bridgehead atoms. The average molecular weight is 437 g/mol. The first-order valence-electron chi connectivity index (χ1n) is 11.5. The van der Waals surface area contributed by atoms with E-state index in [-0.39, 0.29) is 12.0 Å². The third kappa shape index (κ3) is 3.47. The lowest BCUT2D eigenvalue weighted by atomic mass is 9.73. The van der Waals surface area contributed by atoms with E-state index in [1.54, 1.807) is 19.6 Å². The van der Waals surface area contributed by atoms with E-state index in [9.17, 15) is 5.11 Å². The molecule has 32 heavy (non-hydrogen) atoms. The Morgan fingerprint density at radius 3 is 2.94 bits per heavy atom. The summed E-state index contributed by atoms with van der Waals surface area (Å²) in [7, 11) is 3.17. The summed E-state index contributed by atoms with van der Waals surface area (Å²) >= 11 is 0. The van der Waals surface area contributed by atoms with Crippen LogP contribution in [0.3, 0.4) is 0 Å². The van der Waals surface area contributed by atoms with Crippen molar-refractivity contribution in [3.63, 3.8) is 0 Å². The molecule has 6 heteroatoms. The van der Waals surface area contributed by atoms with Crippen molar-refractivity contribution in [2.75, 3.05) is 27.3 Å². The molecule has 0 radical (unpaired) electrons. The van der Waals surface area contributed by atoms with E-state index in [0.717, 1.165) is 43.5 Å². The number of nitrogens with one attached hydrogen (secondary N) is 1. The monoisotopic (exact) mass is 436 g/mol. The zero-order valence-electron chi connectivity index (χ0n) is 19.0. The predicted octanol–water partition coefficient (Wildman–Crippen LogP) is 4.87. The Morgan fingerprint density at radius 1 is 1.34 bits per heavy atom. The van der Waals surface area contributed by atoms with Crippen LogP contribution < -0.4 is 0 Å². The molecule has 4 heterocycles.